The van der Waals surface area contributed by atoms with Crippen LogP contribution in [0.15, 0.2) is 40.8 Å². The molecule has 4 N–H and O–H groups in total. The molecular formula is C11H10N2O2. The molecule has 0 fully saturated rings. The van der Waals surface area contributed by atoms with E-state index in [0.29, 0.717) is 5.76 Å². The maximum atomic E-state index is 10.9. The van der Waals surface area contributed by atoms with Crippen molar-refractivity contribution >= 4 is 11.6 Å². The van der Waals surface area contributed by atoms with Crippen LogP contribution in [0.4, 0.5) is 5.69 Å². The van der Waals surface area contributed by atoms with Gasteiger partial charge in [0.1, 0.15) is 5.76 Å². The lowest BCUT2D eigenvalue weighted by Gasteiger charge is -1.94. The first-order valence-corrected chi connectivity index (χ1v) is 4.43. The smallest absolute Gasteiger partial charge is 0.286 e. The average Bonchev–Trinajstić information content (AvgIpc) is 2.62. The van der Waals surface area contributed by atoms with Crippen LogP contribution in [-0.4, -0.2) is 5.91 Å². The summed E-state index contributed by atoms with van der Waals surface area (Å²) in [7, 11) is 0. The minimum absolute atomic E-state index is 0.00820. The predicted octanol–water partition coefficient (Wildman–Crippen LogP) is 1.63. The van der Waals surface area contributed by atoms with Crippen molar-refractivity contribution in [3.05, 3.63) is 42.2 Å². The molecule has 0 aliphatic heterocycles. The second-order valence-electron chi connectivity index (χ2n) is 3.13. The first-order valence-electron chi connectivity index (χ1n) is 4.43. The lowest BCUT2D eigenvalue weighted by Crippen LogP contribution is -2.11. The highest BCUT2D eigenvalue weighted by Crippen LogP contribution is 2.26. The van der Waals surface area contributed by atoms with Crippen molar-refractivity contribution in [2.24, 2.45) is 5.73 Å². The normalized spacial score (nSPS) is 10.1. The summed E-state index contributed by atoms with van der Waals surface area (Å²) in [6.45, 7) is 0. The number of nitrogen functional groups attached to an aromatic ring is 1. The fourth-order valence-corrected chi connectivity index (χ4v) is 1.34. The summed E-state index contributed by atoms with van der Waals surface area (Å²) in [4.78, 5) is 10.9. The molecule has 0 spiro atoms. The number of carbonyl (C=O) groups excluding carboxylic acids is 1. The van der Waals surface area contributed by atoms with Gasteiger partial charge in [0, 0.05) is 11.6 Å². The monoisotopic (exact) mass is 202 g/mol. The molecular weight excluding hydrogens is 192 g/mol. The second kappa shape index (κ2) is 3.49. The Morgan fingerprint density at radius 2 is 1.87 bits per heavy atom. The van der Waals surface area contributed by atoms with Crippen molar-refractivity contribution in [1.29, 1.82) is 0 Å². The SMILES string of the molecule is NC(=O)c1oc(-c2ccccc2)cc1N. The van der Waals surface area contributed by atoms with Crippen LogP contribution in [0.25, 0.3) is 11.3 Å². The Labute approximate surface area is 86.5 Å². The average molecular weight is 202 g/mol. The molecule has 0 aliphatic carbocycles. The van der Waals surface area contributed by atoms with Gasteiger partial charge in [0.15, 0.2) is 0 Å². The lowest BCUT2D eigenvalue weighted by atomic mass is 10.2. The van der Waals surface area contributed by atoms with E-state index in [4.69, 9.17) is 15.9 Å². The zero-order chi connectivity index (χ0) is 10.8. The van der Waals surface area contributed by atoms with Gasteiger partial charge in [0.25, 0.3) is 5.91 Å². The van der Waals surface area contributed by atoms with Crippen LogP contribution < -0.4 is 11.5 Å². The molecule has 0 radical (unpaired) electrons. The standard InChI is InChI=1S/C11H10N2O2/c12-8-6-9(15-10(8)11(13)14)7-4-2-1-3-5-7/h1-6H,12H2,(H2,13,14). The van der Waals surface area contributed by atoms with Gasteiger partial charge in [-0.1, -0.05) is 30.3 Å². The van der Waals surface area contributed by atoms with Gasteiger partial charge in [0.05, 0.1) is 5.69 Å². The van der Waals surface area contributed by atoms with E-state index in [2.05, 4.69) is 0 Å². The van der Waals surface area contributed by atoms with Crippen LogP contribution in [0.2, 0.25) is 0 Å². The number of benzene rings is 1. The van der Waals surface area contributed by atoms with E-state index in [9.17, 15) is 4.79 Å². The van der Waals surface area contributed by atoms with E-state index < -0.39 is 5.91 Å². The number of amides is 1. The highest BCUT2D eigenvalue weighted by Gasteiger charge is 2.13. The molecule has 0 aliphatic rings. The molecule has 0 saturated heterocycles. The summed E-state index contributed by atoms with van der Waals surface area (Å²) in [5, 5.41) is 0. The predicted molar refractivity (Wildman–Crippen MR) is 57.1 cm³/mol. The van der Waals surface area contributed by atoms with Crippen LogP contribution >= 0.6 is 0 Å². The van der Waals surface area contributed by atoms with Gasteiger partial charge in [-0.25, -0.2) is 0 Å². The van der Waals surface area contributed by atoms with Crippen LogP contribution in [0, 0.1) is 0 Å². The Balaban J connectivity index is 2.48. The molecule has 0 atom stereocenters. The first-order chi connectivity index (χ1) is 7.18. The number of hydrogen-bond acceptors (Lipinski definition) is 3. The Bertz CT molecular complexity index is 489. The van der Waals surface area contributed by atoms with Crippen molar-refractivity contribution < 1.29 is 9.21 Å². The van der Waals surface area contributed by atoms with Crippen molar-refractivity contribution in [2.75, 3.05) is 5.73 Å². The summed E-state index contributed by atoms with van der Waals surface area (Å²) in [5.41, 5.74) is 11.8. The second-order valence-corrected chi connectivity index (χ2v) is 3.13. The molecule has 1 aromatic carbocycles. The maximum Gasteiger partial charge on any atom is 0.286 e. The zero-order valence-corrected chi connectivity index (χ0v) is 7.94. The fraction of sp³-hybridized carbons (Fsp3) is 0. The molecule has 0 unspecified atom stereocenters. The minimum atomic E-state index is -0.658. The van der Waals surface area contributed by atoms with Crippen LogP contribution in [0.1, 0.15) is 10.6 Å². The Morgan fingerprint density at radius 3 is 2.40 bits per heavy atom. The molecule has 1 heterocycles. The topological polar surface area (TPSA) is 82.2 Å². The fourth-order valence-electron chi connectivity index (χ4n) is 1.34. The molecule has 4 nitrogen and oxygen atoms in total. The Morgan fingerprint density at radius 1 is 1.20 bits per heavy atom. The van der Waals surface area contributed by atoms with Crippen molar-refractivity contribution in [2.45, 2.75) is 0 Å². The molecule has 0 saturated carbocycles. The Hall–Kier alpha value is -2.23. The van der Waals surface area contributed by atoms with Gasteiger partial charge in [-0.2, -0.15) is 0 Å². The number of rotatable bonds is 2. The number of furan rings is 1. The minimum Gasteiger partial charge on any atom is -0.449 e. The van der Waals surface area contributed by atoms with Gasteiger partial charge in [-0.3, -0.25) is 4.79 Å². The van der Waals surface area contributed by atoms with E-state index in [1.165, 1.54) is 0 Å². The molecule has 76 valence electrons. The van der Waals surface area contributed by atoms with E-state index in [-0.39, 0.29) is 11.4 Å². The highest BCUT2D eigenvalue weighted by molar-refractivity contribution is 5.96. The van der Waals surface area contributed by atoms with E-state index in [1.807, 2.05) is 30.3 Å². The van der Waals surface area contributed by atoms with Gasteiger partial charge in [-0.15, -0.1) is 0 Å². The van der Waals surface area contributed by atoms with Crippen molar-refractivity contribution in [1.82, 2.24) is 0 Å². The molecule has 2 aromatic rings. The molecule has 0 bridgehead atoms. The third-order valence-corrected chi connectivity index (χ3v) is 2.04. The summed E-state index contributed by atoms with van der Waals surface area (Å²) in [5.74, 6) is -0.106. The first kappa shape index (κ1) is 9.33. The third-order valence-electron chi connectivity index (χ3n) is 2.04. The van der Waals surface area contributed by atoms with Crippen LogP contribution in [0.3, 0.4) is 0 Å². The summed E-state index contributed by atoms with van der Waals surface area (Å²) in [6.07, 6.45) is 0. The van der Waals surface area contributed by atoms with Gasteiger partial charge < -0.3 is 15.9 Å². The number of hydrogen-bond donors (Lipinski definition) is 2. The van der Waals surface area contributed by atoms with Gasteiger partial charge in [-0.05, 0) is 0 Å². The molecule has 1 amide bonds. The Kier molecular flexibility index (Phi) is 2.17. The lowest BCUT2D eigenvalue weighted by molar-refractivity contribution is 0.0976. The van der Waals surface area contributed by atoms with Crippen molar-refractivity contribution in [3.63, 3.8) is 0 Å². The van der Waals surface area contributed by atoms with E-state index >= 15 is 0 Å². The number of nitrogens with two attached hydrogens (primary N) is 2. The van der Waals surface area contributed by atoms with Gasteiger partial charge >= 0.3 is 0 Å². The summed E-state index contributed by atoms with van der Waals surface area (Å²) in [6, 6.07) is 11.0. The number of anilines is 1. The van der Waals surface area contributed by atoms with Crippen LogP contribution in [0.5, 0.6) is 0 Å². The highest BCUT2D eigenvalue weighted by atomic mass is 16.4. The van der Waals surface area contributed by atoms with Gasteiger partial charge in [0.2, 0.25) is 5.76 Å². The largest absolute Gasteiger partial charge is 0.449 e. The number of carbonyl (C=O) groups is 1. The molecule has 4 heteroatoms. The molecule has 15 heavy (non-hydrogen) atoms. The van der Waals surface area contributed by atoms with E-state index in [0.717, 1.165) is 5.56 Å². The van der Waals surface area contributed by atoms with Crippen LogP contribution in [-0.2, 0) is 0 Å². The zero-order valence-electron chi connectivity index (χ0n) is 7.94. The maximum absolute atomic E-state index is 10.9. The number of primary amides is 1. The molecule has 2 rings (SSSR count). The summed E-state index contributed by atoms with van der Waals surface area (Å²) >= 11 is 0. The third kappa shape index (κ3) is 1.69. The van der Waals surface area contributed by atoms with E-state index in [1.54, 1.807) is 6.07 Å². The van der Waals surface area contributed by atoms with Crippen molar-refractivity contribution in [3.8, 4) is 11.3 Å². The quantitative estimate of drug-likeness (QED) is 0.776. The summed E-state index contributed by atoms with van der Waals surface area (Å²) < 4.78 is 5.26. The molecule has 1 aromatic heterocycles.